The molecule has 33 heavy (non-hydrogen) atoms. The summed E-state index contributed by atoms with van der Waals surface area (Å²) in [6, 6.07) is 3.24. The van der Waals surface area contributed by atoms with E-state index < -0.39 is 46.2 Å². The predicted molar refractivity (Wildman–Crippen MR) is 118 cm³/mol. The van der Waals surface area contributed by atoms with Crippen LogP contribution in [0.3, 0.4) is 0 Å². The van der Waals surface area contributed by atoms with E-state index in [1.54, 1.807) is 53.7 Å². The second kappa shape index (κ2) is 7.60. The number of ether oxygens (including phenoxy) is 4. The van der Waals surface area contributed by atoms with Crippen molar-refractivity contribution in [2.24, 2.45) is 11.8 Å². The summed E-state index contributed by atoms with van der Waals surface area (Å²) in [5, 5.41) is 24.5. The van der Waals surface area contributed by atoms with Crippen LogP contribution in [0.25, 0.3) is 0 Å². The Balaban J connectivity index is 2.01. The molecule has 0 aromatic heterocycles. The fraction of sp³-hybridized carbons (Fsp3) is 0.680. The van der Waals surface area contributed by atoms with Gasteiger partial charge in [-0.1, -0.05) is 27.7 Å². The Kier molecular flexibility index (Phi) is 5.49. The molecule has 1 aliphatic carbocycles. The van der Waals surface area contributed by atoms with Crippen LogP contribution in [0.15, 0.2) is 12.1 Å². The summed E-state index contributed by atoms with van der Waals surface area (Å²) in [7, 11) is 0. The maximum Gasteiger partial charge on any atom is 0.354 e. The van der Waals surface area contributed by atoms with Crippen molar-refractivity contribution in [3.63, 3.8) is 0 Å². The molecule has 0 saturated heterocycles. The van der Waals surface area contributed by atoms with Crippen LogP contribution in [0.2, 0.25) is 0 Å². The monoisotopic (exact) mass is 462 g/mol. The zero-order valence-corrected chi connectivity index (χ0v) is 20.2. The Bertz CT molecular complexity index is 910. The highest BCUT2D eigenvalue weighted by atomic mass is 16.6. The zero-order valence-electron chi connectivity index (χ0n) is 20.2. The first-order chi connectivity index (χ1) is 15.5. The van der Waals surface area contributed by atoms with Gasteiger partial charge >= 0.3 is 11.9 Å². The van der Waals surface area contributed by atoms with E-state index in [2.05, 4.69) is 0 Å². The van der Waals surface area contributed by atoms with Gasteiger partial charge in [0.15, 0.2) is 0 Å². The van der Waals surface area contributed by atoms with Gasteiger partial charge in [-0.25, -0.2) is 9.59 Å². The van der Waals surface area contributed by atoms with E-state index >= 15 is 0 Å². The molecule has 0 radical (unpaired) electrons. The summed E-state index contributed by atoms with van der Waals surface area (Å²) in [6.07, 6.45) is 0.606. The lowest BCUT2D eigenvalue weighted by molar-refractivity contribution is -0.197. The molecule has 2 heterocycles. The van der Waals surface area contributed by atoms with Gasteiger partial charge in [-0.2, -0.15) is 0 Å². The van der Waals surface area contributed by atoms with Gasteiger partial charge in [-0.3, -0.25) is 0 Å². The Labute approximate surface area is 194 Å². The number of benzene rings is 1. The van der Waals surface area contributed by atoms with E-state index in [9.17, 15) is 19.8 Å². The molecule has 2 aliphatic heterocycles. The molecule has 4 unspecified atom stereocenters. The quantitative estimate of drug-likeness (QED) is 0.621. The molecule has 0 fully saturated rings. The Morgan fingerprint density at radius 3 is 1.52 bits per heavy atom. The number of hydrogen-bond acceptors (Lipinski definition) is 8. The standard InChI is InChI=1S/C25H34O8/c1-7-30-20(26)24(14(3)4)22(28)12-9-13-23(29)19-17(11-10-16(32-24)18(19)22)33-25(23,15(5)6)21(27)31-8-2/h10-11,14-15,28-29H,7-9,12-13H2,1-6H3. The summed E-state index contributed by atoms with van der Waals surface area (Å²) < 4.78 is 23.3. The molecule has 3 aliphatic rings. The largest absolute Gasteiger partial charge is 0.471 e. The highest BCUT2D eigenvalue weighted by Gasteiger charge is 2.74. The number of hydrogen-bond donors (Lipinski definition) is 2. The van der Waals surface area contributed by atoms with Crippen LogP contribution in [0, 0.1) is 11.8 Å². The van der Waals surface area contributed by atoms with Crippen LogP contribution in [0.5, 0.6) is 11.5 Å². The van der Waals surface area contributed by atoms with E-state index in [4.69, 9.17) is 18.9 Å². The van der Waals surface area contributed by atoms with Gasteiger partial charge in [0.1, 0.15) is 22.7 Å². The van der Waals surface area contributed by atoms with Crippen molar-refractivity contribution in [2.75, 3.05) is 13.2 Å². The summed E-state index contributed by atoms with van der Waals surface area (Å²) >= 11 is 0. The molecule has 2 N–H and O–H groups in total. The third kappa shape index (κ3) is 2.65. The minimum Gasteiger partial charge on any atom is -0.471 e. The average molecular weight is 463 g/mol. The highest BCUT2D eigenvalue weighted by Crippen LogP contribution is 2.65. The van der Waals surface area contributed by atoms with Crippen molar-refractivity contribution in [3.8, 4) is 11.5 Å². The van der Waals surface area contributed by atoms with Crippen molar-refractivity contribution in [2.45, 2.75) is 83.2 Å². The van der Waals surface area contributed by atoms with E-state index in [0.717, 1.165) is 0 Å². The van der Waals surface area contributed by atoms with Crippen molar-refractivity contribution < 1.29 is 38.7 Å². The Hall–Kier alpha value is -2.32. The molecule has 1 aromatic rings. The smallest absolute Gasteiger partial charge is 0.354 e. The lowest BCUT2D eigenvalue weighted by Gasteiger charge is -2.41. The first-order valence-corrected chi connectivity index (χ1v) is 11.8. The van der Waals surface area contributed by atoms with Crippen LogP contribution >= 0.6 is 0 Å². The van der Waals surface area contributed by atoms with Crippen molar-refractivity contribution in [3.05, 3.63) is 23.3 Å². The van der Waals surface area contributed by atoms with E-state index in [0.29, 0.717) is 17.5 Å². The van der Waals surface area contributed by atoms with Gasteiger partial charge < -0.3 is 29.2 Å². The first-order valence-electron chi connectivity index (χ1n) is 11.8. The van der Waals surface area contributed by atoms with Crippen LogP contribution in [-0.4, -0.2) is 46.6 Å². The third-order valence-corrected chi connectivity index (χ3v) is 7.59. The summed E-state index contributed by atoms with van der Waals surface area (Å²) in [5.74, 6) is -1.64. The van der Waals surface area contributed by atoms with E-state index in [1.165, 1.54) is 0 Å². The van der Waals surface area contributed by atoms with E-state index in [-0.39, 0.29) is 37.6 Å². The topological polar surface area (TPSA) is 112 Å². The number of carbonyl (C=O) groups excluding carboxylic acids is 2. The minimum absolute atomic E-state index is 0.133. The molecular weight excluding hydrogens is 428 g/mol. The molecule has 0 bridgehead atoms. The van der Waals surface area contributed by atoms with Gasteiger partial charge in [0.25, 0.3) is 0 Å². The first kappa shape index (κ1) is 23.8. The molecule has 0 spiro atoms. The Morgan fingerprint density at radius 2 is 1.21 bits per heavy atom. The highest BCUT2D eigenvalue weighted by molar-refractivity contribution is 5.88. The maximum absolute atomic E-state index is 13.3. The SMILES string of the molecule is CCOC(=O)C1(C(C)C)Oc2ccc3c4c2C1(O)CCCC4(O)C(C(=O)OCC)(C(C)C)O3. The lowest BCUT2D eigenvalue weighted by atomic mass is 9.68. The van der Waals surface area contributed by atoms with Gasteiger partial charge in [-0.15, -0.1) is 0 Å². The minimum atomic E-state index is -1.77. The number of carbonyl (C=O) groups is 2. The second-order valence-electron chi connectivity index (χ2n) is 9.81. The molecule has 182 valence electrons. The summed E-state index contributed by atoms with van der Waals surface area (Å²) in [6.45, 7) is 10.9. The molecular formula is C25H34O8. The molecule has 1 aromatic carbocycles. The molecule has 0 amide bonds. The van der Waals surface area contributed by atoms with E-state index in [1.807, 2.05) is 0 Å². The summed E-state index contributed by atoms with van der Waals surface area (Å²) in [4.78, 5) is 26.6. The van der Waals surface area contributed by atoms with Gasteiger partial charge in [-0.05, 0) is 45.2 Å². The molecule has 4 rings (SSSR count). The molecule has 8 heteroatoms. The molecule has 4 atom stereocenters. The normalized spacial score (nSPS) is 33.9. The van der Waals surface area contributed by atoms with Gasteiger partial charge in [0, 0.05) is 23.0 Å². The fourth-order valence-corrected chi connectivity index (χ4v) is 6.22. The summed E-state index contributed by atoms with van der Waals surface area (Å²) in [5.41, 5.74) is -6.34. The zero-order chi connectivity index (χ0) is 24.4. The van der Waals surface area contributed by atoms with Gasteiger partial charge in [0.05, 0.1) is 13.2 Å². The third-order valence-electron chi connectivity index (χ3n) is 7.59. The van der Waals surface area contributed by atoms with Crippen LogP contribution in [0.1, 0.15) is 71.9 Å². The van der Waals surface area contributed by atoms with Crippen molar-refractivity contribution >= 4 is 11.9 Å². The number of aliphatic hydroxyl groups is 2. The average Bonchev–Trinajstić information content (AvgIpc) is 3.11. The lowest BCUT2D eigenvalue weighted by Crippen LogP contribution is -2.62. The van der Waals surface area contributed by atoms with Crippen LogP contribution in [-0.2, 0) is 30.3 Å². The maximum atomic E-state index is 13.3. The van der Waals surface area contributed by atoms with Crippen molar-refractivity contribution in [1.29, 1.82) is 0 Å². The van der Waals surface area contributed by atoms with Crippen LogP contribution < -0.4 is 9.47 Å². The van der Waals surface area contributed by atoms with Gasteiger partial charge in [0.2, 0.25) is 11.2 Å². The number of rotatable bonds is 6. The van der Waals surface area contributed by atoms with Crippen molar-refractivity contribution in [1.82, 2.24) is 0 Å². The molecule has 8 nitrogen and oxygen atoms in total. The second-order valence-corrected chi connectivity index (χ2v) is 9.81. The van der Waals surface area contributed by atoms with Crippen LogP contribution in [0.4, 0.5) is 0 Å². The predicted octanol–water partition coefficient (Wildman–Crippen LogP) is 2.95. The molecule has 0 saturated carbocycles. The fourth-order valence-electron chi connectivity index (χ4n) is 6.22. The number of esters is 2. The Morgan fingerprint density at radius 1 is 0.848 bits per heavy atom.